The van der Waals surface area contributed by atoms with Crippen molar-refractivity contribution in [3.8, 4) is 0 Å². The maximum atomic E-state index is 12.2. The number of nitrogen functional groups attached to an aromatic ring is 1. The van der Waals surface area contributed by atoms with Gasteiger partial charge in [-0.3, -0.25) is 0 Å². The van der Waals surface area contributed by atoms with Gasteiger partial charge in [-0.15, -0.1) is 0 Å². The monoisotopic (exact) mass is 331 g/mol. The molecule has 2 aromatic rings. The van der Waals surface area contributed by atoms with Crippen LogP contribution in [0.1, 0.15) is 26.5 Å². The molecule has 0 fully saturated rings. The molecule has 0 saturated heterocycles. The molecule has 24 heavy (non-hydrogen) atoms. The number of ether oxygens (including phenoxy) is 2. The van der Waals surface area contributed by atoms with Crippen LogP contribution in [0.15, 0.2) is 24.3 Å². The smallest absolute Gasteiger partial charge is 0.339 e. The van der Waals surface area contributed by atoms with E-state index in [1.54, 1.807) is 31.1 Å². The van der Waals surface area contributed by atoms with Gasteiger partial charge in [0.15, 0.2) is 12.4 Å². The largest absolute Gasteiger partial charge is 0.465 e. The molecule has 1 aromatic carbocycles. The number of methoxy groups -OCH3 is 1. The minimum atomic E-state index is -0.693. The summed E-state index contributed by atoms with van der Waals surface area (Å²) >= 11 is 0. The van der Waals surface area contributed by atoms with Crippen molar-refractivity contribution < 1.29 is 19.1 Å². The van der Waals surface area contributed by atoms with Crippen molar-refractivity contribution in [1.29, 1.82) is 0 Å². The Labute approximate surface area is 138 Å². The summed E-state index contributed by atoms with van der Waals surface area (Å²) in [5.74, 6) is -0.739. The van der Waals surface area contributed by atoms with Gasteiger partial charge in [-0.1, -0.05) is 12.1 Å². The van der Waals surface area contributed by atoms with Crippen molar-refractivity contribution in [2.75, 3.05) is 31.8 Å². The number of carbonyl (C=O) groups is 2. The van der Waals surface area contributed by atoms with E-state index in [0.29, 0.717) is 5.95 Å². The third kappa shape index (κ3) is 3.94. The van der Waals surface area contributed by atoms with E-state index in [1.807, 2.05) is 0 Å². The molecule has 0 aliphatic heterocycles. The zero-order valence-corrected chi connectivity index (χ0v) is 13.5. The van der Waals surface area contributed by atoms with Crippen LogP contribution >= 0.6 is 0 Å². The number of aromatic nitrogens is 3. The van der Waals surface area contributed by atoms with E-state index in [9.17, 15) is 9.59 Å². The highest BCUT2D eigenvalue weighted by Crippen LogP contribution is 2.13. The number of hydrogen-bond acceptors (Lipinski definition) is 9. The lowest BCUT2D eigenvalue weighted by Gasteiger charge is -2.12. The number of nitrogens with zero attached hydrogens (tertiary/aromatic N) is 4. The van der Waals surface area contributed by atoms with Crippen LogP contribution in [-0.2, 0) is 16.1 Å². The van der Waals surface area contributed by atoms with Gasteiger partial charge in [-0.25, -0.2) is 9.59 Å². The molecule has 0 unspecified atom stereocenters. The predicted molar refractivity (Wildman–Crippen MR) is 85.5 cm³/mol. The Kier molecular flexibility index (Phi) is 5.25. The predicted octanol–water partition coefficient (Wildman–Crippen LogP) is 0.663. The number of rotatable bonds is 5. The summed E-state index contributed by atoms with van der Waals surface area (Å²) in [4.78, 5) is 37.6. The second-order valence-electron chi connectivity index (χ2n) is 4.92. The number of benzene rings is 1. The van der Waals surface area contributed by atoms with E-state index in [-0.39, 0.29) is 29.5 Å². The van der Waals surface area contributed by atoms with E-state index in [4.69, 9.17) is 10.5 Å². The molecule has 2 N–H and O–H groups in total. The van der Waals surface area contributed by atoms with Gasteiger partial charge in [0.1, 0.15) is 0 Å². The van der Waals surface area contributed by atoms with Crippen molar-refractivity contribution in [1.82, 2.24) is 15.0 Å². The lowest BCUT2D eigenvalue weighted by Crippen LogP contribution is -2.17. The summed E-state index contributed by atoms with van der Waals surface area (Å²) in [6, 6.07) is 6.20. The van der Waals surface area contributed by atoms with E-state index in [0.717, 1.165) is 0 Å². The first kappa shape index (κ1) is 17.1. The van der Waals surface area contributed by atoms with Crippen molar-refractivity contribution >= 4 is 23.8 Å². The van der Waals surface area contributed by atoms with Crippen LogP contribution in [0.2, 0.25) is 0 Å². The van der Waals surface area contributed by atoms with Crippen molar-refractivity contribution in [2.24, 2.45) is 0 Å². The van der Waals surface area contributed by atoms with E-state index >= 15 is 0 Å². The molecule has 2 rings (SSSR count). The summed E-state index contributed by atoms with van der Waals surface area (Å²) in [6.45, 7) is -0.206. The van der Waals surface area contributed by atoms with Crippen LogP contribution in [0.25, 0.3) is 0 Å². The molecule has 1 heterocycles. The zero-order chi connectivity index (χ0) is 17.7. The van der Waals surface area contributed by atoms with Gasteiger partial charge >= 0.3 is 11.9 Å². The third-order valence-corrected chi connectivity index (χ3v) is 2.97. The Morgan fingerprint density at radius 2 is 1.71 bits per heavy atom. The van der Waals surface area contributed by atoms with Crippen LogP contribution in [0.4, 0.5) is 11.9 Å². The van der Waals surface area contributed by atoms with Crippen molar-refractivity contribution in [3.63, 3.8) is 0 Å². The van der Waals surface area contributed by atoms with Gasteiger partial charge in [0.05, 0.1) is 18.2 Å². The Balaban J connectivity index is 2.16. The van der Waals surface area contributed by atoms with E-state index in [1.165, 1.54) is 19.2 Å². The molecule has 0 spiro atoms. The quantitative estimate of drug-likeness (QED) is 0.787. The normalized spacial score (nSPS) is 10.1. The highest BCUT2D eigenvalue weighted by atomic mass is 16.5. The molecule has 126 valence electrons. The lowest BCUT2D eigenvalue weighted by molar-refractivity contribution is 0.0448. The number of hydrogen-bond donors (Lipinski definition) is 1. The molecule has 9 heteroatoms. The molecular formula is C15H17N5O4. The molecule has 0 aliphatic rings. The first-order valence-electron chi connectivity index (χ1n) is 6.94. The van der Waals surface area contributed by atoms with Crippen molar-refractivity contribution in [3.05, 3.63) is 41.2 Å². The molecule has 0 aliphatic carbocycles. The number of esters is 2. The summed E-state index contributed by atoms with van der Waals surface area (Å²) in [5.41, 5.74) is 5.82. The maximum absolute atomic E-state index is 12.2. The Hall–Kier alpha value is -3.23. The van der Waals surface area contributed by atoms with Gasteiger partial charge < -0.3 is 20.1 Å². The fraction of sp³-hybridized carbons (Fsp3) is 0.267. The first-order valence-corrected chi connectivity index (χ1v) is 6.94. The van der Waals surface area contributed by atoms with Crippen LogP contribution in [0.3, 0.4) is 0 Å². The third-order valence-electron chi connectivity index (χ3n) is 2.97. The van der Waals surface area contributed by atoms with Gasteiger partial charge in [0, 0.05) is 14.1 Å². The number of nitrogens with two attached hydrogens (primary N) is 1. The second-order valence-corrected chi connectivity index (χ2v) is 4.92. The first-order chi connectivity index (χ1) is 11.4. The van der Waals surface area contributed by atoms with E-state index < -0.39 is 11.9 Å². The molecule has 0 radical (unpaired) electrons. The van der Waals surface area contributed by atoms with Crippen LogP contribution in [0, 0.1) is 0 Å². The highest BCUT2D eigenvalue weighted by molar-refractivity contribution is 6.03. The van der Waals surface area contributed by atoms with Crippen LogP contribution in [-0.4, -0.2) is 48.1 Å². The van der Waals surface area contributed by atoms with E-state index in [2.05, 4.69) is 19.7 Å². The second kappa shape index (κ2) is 7.36. The molecule has 0 amide bonds. The molecule has 1 aromatic heterocycles. The van der Waals surface area contributed by atoms with Gasteiger partial charge in [0.2, 0.25) is 11.9 Å². The Morgan fingerprint density at radius 1 is 1.08 bits per heavy atom. The van der Waals surface area contributed by atoms with Gasteiger partial charge in [0.25, 0.3) is 0 Å². The zero-order valence-electron chi connectivity index (χ0n) is 13.5. The van der Waals surface area contributed by atoms with Crippen molar-refractivity contribution in [2.45, 2.75) is 6.61 Å². The average Bonchev–Trinajstić information content (AvgIpc) is 2.58. The molecular weight excluding hydrogens is 314 g/mol. The summed E-state index contributed by atoms with van der Waals surface area (Å²) in [7, 11) is 4.73. The van der Waals surface area contributed by atoms with Gasteiger partial charge in [-0.05, 0) is 12.1 Å². The topological polar surface area (TPSA) is 121 Å². The summed E-state index contributed by atoms with van der Waals surface area (Å²) in [5, 5.41) is 0. The van der Waals surface area contributed by atoms with Crippen LogP contribution < -0.4 is 10.6 Å². The number of carbonyl (C=O) groups excluding carboxylic acids is 2. The fourth-order valence-corrected chi connectivity index (χ4v) is 1.85. The highest BCUT2D eigenvalue weighted by Gasteiger charge is 2.19. The SMILES string of the molecule is COC(=O)c1ccccc1C(=O)OCc1nc(N)nc(N(C)C)n1. The molecule has 0 saturated carbocycles. The molecule has 0 bridgehead atoms. The summed E-state index contributed by atoms with van der Waals surface area (Å²) in [6.07, 6.45) is 0. The maximum Gasteiger partial charge on any atom is 0.339 e. The number of anilines is 2. The Morgan fingerprint density at radius 3 is 2.29 bits per heavy atom. The summed E-state index contributed by atoms with van der Waals surface area (Å²) < 4.78 is 9.81. The van der Waals surface area contributed by atoms with Gasteiger partial charge in [-0.2, -0.15) is 15.0 Å². The molecule has 9 nitrogen and oxygen atoms in total. The Bertz CT molecular complexity index is 763. The minimum absolute atomic E-state index is 0.0229. The minimum Gasteiger partial charge on any atom is -0.465 e. The lowest BCUT2D eigenvalue weighted by atomic mass is 10.1. The molecule has 0 atom stereocenters. The standard InChI is InChI=1S/C15H17N5O4/c1-20(2)15-18-11(17-14(16)19-15)8-24-13(22)10-7-5-4-6-9(10)12(21)23-3/h4-7H,8H2,1-3H3,(H2,16,17,18,19). The van der Waals surface area contributed by atoms with Crippen LogP contribution in [0.5, 0.6) is 0 Å². The fourth-order valence-electron chi connectivity index (χ4n) is 1.85. The average molecular weight is 331 g/mol.